The number of guanidine groups is 1. The Bertz CT molecular complexity index is 679. The van der Waals surface area contributed by atoms with E-state index in [1.807, 2.05) is 12.1 Å². The highest BCUT2D eigenvalue weighted by atomic mass is 127. The number of hydrogen-bond donors (Lipinski definition) is 2. The van der Waals surface area contributed by atoms with Crippen LogP contribution in [0.2, 0.25) is 0 Å². The highest BCUT2D eigenvalue weighted by Crippen LogP contribution is 2.13. The summed E-state index contributed by atoms with van der Waals surface area (Å²) in [6.45, 7) is 11.1. The first-order chi connectivity index (χ1) is 12.5. The van der Waals surface area contributed by atoms with Gasteiger partial charge in [0.1, 0.15) is 5.76 Å². The zero-order valence-electron chi connectivity index (χ0n) is 16.7. The second kappa shape index (κ2) is 12.0. The molecule has 0 aliphatic rings. The van der Waals surface area contributed by atoms with Gasteiger partial charge in [0.2, 0.25) is 0 Å². The average Bonchev–Trinajstić information content (AvgIpc) is 3.11. The minimum absolute atomic E-state index is 0. The summed E-state index contributed by atoms with van der Waals surface area (Å²) >= 11 is 0. The Balaban J connectivity index is 0.00000364. The molecule has 0 unspecified atom stereocenters. The normalized spacial score (nSPS) is 11.8. The monoisotopic (exact) mass is 485 g/mol. The molecule has 1 aromatic carbocycles. The van der Waals surface area contributed by atoms with Crippen LogP contribution < -0.4 is 10.6 Å². The molecule has 1 heterocycles. The first kappa shape index (κ1) is 23.5. The van der Waals surface area contributed by atoms with Gasteiger partial charge in [0, 0.05) is 19.5 Å². The summed E-state index contributed by atoms with van der Waals surface area (Å²) in [4.78, 5) is 4.68. The lowest BCUT2D eigenvalue weighted by Crippen LogP contribution is -2.38. The van der Waals surface area contributed by atoms with Crippen molar-refractivity contribution in [2.45, 2.75) is 52.9 Å². The molecule has 0 amide bonds. The van der Waals surface area contributed by atoms with E-state index in [1.165, 1.54) is 11.1 Å². The van der Waals surface area contributed by atoms with Gasteiger partial charge in [-0.2, -0.15) is 0 Å². The van der Waals surface area contributed by atoms with Gasteiger partial charge in [-0.05, 0) is 51.0 Å². The highest BCUT2D eigenvalue weighted by Gasteiger charge is 2.10. The van der Waals surface area contributed by atoms with Crippen molar-refractivity contribution in [3.8, 4) is 0 Å². The number of nitrogens with one attached hydrogen (secondary N) is 2. The van der Waals surface area contributed by atoms with Gasteiger partial charge in [-0.25, -0.2) is 4.99 Å². The molecule has 5 nitrogen and oxygen atoms in total. The fraction of sp³-hybridized carbons (Fsp3) is 0.476. The molecular formula is C21H32IN3O2. The Kier molecular flexibility index (Phi) is 10.5. The average molecular weight is 485 g/mol. The maximum atomic E-state index is 5.85. The summed E-state index contributed by atoms with van der Waals surface area (Å²) < 4.78 is 11.2. The molecule has 0 saturated heterocycles. The van der Waals surface area contributed by atoms with Crippen molar-refractivity contribution in [2.24, 2.45) is 4.99 Å². The topological polar surface area (TPSA) is 58.8 Å². The summed E-state index contributed by atoms with van der Waals surface area (Å²) in [5, 5.41) is 6.62. The molecule has 0 atom stereocenters. The summed E-state index contributed by atoms with van der Waals surface area (Å²) in [6.07, 6.45) is 2.53. The van der Waals surface area contributed by atoms with Crippen molar-refractivity contribution in [3.05, 3.63) is 59.5 Å². The van der Waals surface area contributed by atoms with Crippen LogP contribution in [0.25, 0.3) is 0 Å². The molecule has 0 bridgehead atoms. The third-order valence-corrected chi connectivity index (χ3v) is 3.67. The minimum atomic E-state index is -0.135. The van der Waals surface area contributed by atoms with E-state index >= 15 is 0 Å². The van der Waals surface area contributed by atoms with Crippen LogP contribution in [0.15, 0.2) is 52.1 Å². The Morgan fingerprint density at radius 3 is 2.56 bits per heavy atom. The SMILES string of the molecule is CCNC(=NCc1cccc(COC(C)(C)C)c1)NCCc1ccco1.I. The van der Waals surface area contributed by atoms with Crippen LogP contribution in [0.5, 0.6) is 0 Å². The fourth-order valence-electron chi connectivity index (χ4n) is 2.39. The quantitative estimate of drug-likeness (QED) is 0.328. The first-order valence-electron chi connectivity index (χ1n) is 9.22. The third-order valence-electron chi connectivity index (χ3n) is 3.67. The molecule has 0 fully saturated rings. The Hall–Kier alpha value is -1.54. The summed E-state index contributed by atoms with van der Waals surface area (Å²) in [5.41, 5.74) is 2.20. The molecule has 6 heteroatoms. The lowest BCUT2D eigenvalue weighted by Gasteiger charge is -2.19. The molecule has 150 valence electrons. The molecule has 2 rings (SSSR count). The van der Waals surface area contributed by atoms with Crippen LogP contribution in [0, 0.1) is 0 Å². The van der Waals surface area contributed by atoms with Crippen molar-refractivity contribution in [3.63, 3.8) is 0 Å². The predicted octanol–water partition coefficient (Wildman–Crippen LogP) is 4.51. The van der Waals surface area contributed by atoms with E-state index in [0.29, 0.717) is 13.2 Å². The van der Waals surface area contributed by atoms with Gasteiger partial charge in [-0.15, -0.1) is 24.0 Å². The standard InChI is InChI=1S/C21H31N3O2.HI/c1-5-22-20(23-12-11-19-10-7-13-25-19)24-15-17-8-6-9-18(14-17)16-26-21(2,3)4;/h6-10,13-14H,5,11-12,15-16H2,1-4H3,(H2,22,23,24);1H. The molecule has 0 radical (unpaired) electrons. The van der Waals surface area contributed by atoms with E-state index < -0.39 is 0 Å². The van der Waals surface area contributed by atoms with Gasteiger partial charge >= 0.3 is 0 Å². The van der Waals surface area contributed by atoms with Gasteiger partial charge in [0.05, 0.1) is 25.0 Å². The highest BCUT2D eigenvalue weighted by molar-refractivity contribution is 14.0. The van der Waals surface area contributed by atoms with E-state index in [-0.39, 0.29) is 29.6 Å². The number of rotatable bonds is 8. The molecule has 0 spiro atoms. The molecule has 0 aliphatic heterocycles. The lowest BCUT2D eigenvalue weighted by molar-refractivity contribution is -0.0149. The van der Waals surface area contributed by atoms with Crippen LogP contribution in [-0.2, 0) is 24.3 Å². The Labute approximate surface area is 180 Å². The maximum Gasteiger partial charge on any atom is 0.191 e. The Morgan fingerprint density at radius 2 is 1.89 bits per heavy atom. The minimum Gasteiger partial charge on any atom is -0.469 e. The third kappa shape index (κ3) is 9.81. The van der Waals surface area contributed by atoms with Crippen molar-refractivity contribution in [1.82, 2.24) is 10.6 Å². The molecule has 2 aromatic rings. The van der Waals surface area contributed by atoms with Crippen LogP contribution in [0.4, 0.5) is 0 Å². The number of nitrogens with zero attached hydrogens (tertiary/aromatic N) is 1. The number of furan rings is 1. The van der Waals surface area contributed by atoms with Crippen LogP contribution >= 0.6 is 24.0 Å². The zero-order valence-corrected chi connectivity index (χ0v) is 19.1. The van der Waals surface area contributed by atoms with Crippen LogP contribution in [-0.4, -0.2) is 24.7 Å². The van der Waals surface area contributed by atoms with Crippen molar-refractivity contribution in [1.29, 1.82) is 0 Å². The lowest BCUT2D eigenvalue weighted by atomic mass is 10.1. The number of hydrogen-bond acceptors (Lipinski definition) is 3. The van der Waals surface area contributed by atoms with E-state index in [4.69, 9.17) is 9.15 Å². The fourth-order valence-corrected chi connectivity index (χ4v) is 2.39. The van der Waals surface area contributed by atoms with E-state index in [9.17, 15) is 0 Å². The van der Waals surface area contributed by atoms with Crippen LogP contribution in [0.3, 0.4) is 0 Å². The molecule has 27 heavy (non-hydrogen) atoms. The van der Waals surface area contributed by atoms with Crippen molar-refractivity contribution in [2.75, 3.05) is 13.1 Å². The van der Waals surface area contributed by atoms with Crippen molar-refractivity contribution < 1.29 is 9.15 Å². The Morgan fingerprint density at radius 1 is 1.11 bits per heavy atom. The van der Waals surface area contributed by atoms with Crippen LogP contribution in [0.1, 0.15) is 44.6 Å². The first-order valence-corrected chi connectivity index (χ1v) is 9.22. The van der Waals surface area contributed by atoms with Gasteiger partial charge in [0.25, 0.3) is 0 Å². The molecule has 1 aromatic heterocycles. The van der Waals surface area contributed by atoms with Gasteiger partial charge < -0.3 is 19.8 Å². The summed E-state index contributed by atoms with van der Waals surface area (Å²) in [7, 11) is 0. The summed E-state index contributed by atoms with van der Waals surface area (Å²) in [6, 6.07) is 12.3. The number of halogens is 1. The number of benzene rings is 1. The molecule has 0 aliphatic carbocycles. The zero-order chi connectivity index (χ0) is 18.8. The second-order valence-electron chi connectivity index (χ2n) is 7.17. The van der Waals surface area contributed by atoms with E-state index in [2.05, 4.69) is 67.6 Å². The van der Waals surface area contributed by atoms with E-state index in [0.717, 1.165) is 31.2 Å². The maximum absolute atomic E-state index is 5.85. The smallest absolute Gasteiger partial charge is 0.191 e. The van der Waals surface area contributed by atoms with Crippen molar-refractivity contribution >= 4 is 29.9 Å². The number of aliphatic imine (C=N–C) groups is 1. The number of ether oxygens (including phenoxy) is 1. The largest absolute Gasteiger partial charge is 0.469 e. The summed E-state index contributed by atoms with van der Waals surface area (Å²) in [5.74, 6) is 1.79. The molecule has 0 saturated carbocycles. The van der Waals surface area contributed by atoms with E-state index in [1.54, 1.807) is 6.26 Å². The predicted molar refractivity (Wildman–Crippen MR) is 122 cm³/mol. The van der Waals surface area contributed by atoms with Gasteiger partial charge in [-0.3, -0.25) is 0 Å². The second-order valence-corrected chi connectivity index (χ2v) is 7.17. The van der Waals surface area contributed by atoms with Gasteiger partial charge in [0.15, 0.2) is 5.96 Å². The molecule has 2 N–H and O–H groups in total. The van der Waals surface area contributed by atoms with Gasteiger partial charge in [-0.1, -0.05) is 24.3 Å². The molecular weight excluding hydrogens is 453 g/mol.